The average molecular weight is 250 g/mol. The molecule has 2 aliphatic rings. The van der Waals surface area contributed by atoms with Gasteiger partial charge in [0.2, 0.25) is 0 Å². The van der Waals surface area contributed by atoms with Gasteiger partial charge in [-0.1, -0.05) is 26.8 Å². The molecule has 0 aliphatic heterocycles. The standard InChI is InChI=1S/C16H26O2/c1-10-5-6-12(9-11(2)15(17)18)14-13(10)7-8-16(14,3)4/h9-10,12-14H,5-8H2,1-4H3,(H,17,18). The van der Waals surface area contributed by atoms with E-state index in [0.29, 0.717) is 22.8 Å². The van der Waals surface area contributed by atoms with Crippen LogP contribution in [0.25, 0.3) is 0 Å². The van der Waals surface area contributed by atoms with E-state index >= 15 is 0 Å². The van der Waals surface area contributed by atoms with Gasteiger partial charge in [-0.25, -0.2) is 4.79 Å². The molecule has 4 unspecified atom stereocenters. The Hall–Kier alpha value is -0.790. The van der Waals surface area contributed by atoms with Gasteiger partial charge in [0.1, 0.15) is 0 Å². The number of hydrogen-bond acceptors (Lipinski definition) is 1. The van der Waals surface area contributed by atoms with Crippen LogP contribution in [0, 0.1) is 29.1 Å². The summed E-state index contributed by atoms with van der Waals surface area (Å²) in [6, 6.07) is 0. The second kappa shape index (κ2) is 4.71. The predicted octanol–water partition coefficient (Wildman–Crippen LogP) is 4.12. The molecular weight excluding hydrogens is 224 g/mol. The smallest absolute Gasteiger partial charge is 0.330 e. The molecule has 0 aromatic carbocycles. The van der Waals surface area contributed by atoms with Crippen molar-refractivity contribution in [3.05, 3.63) is 11.6 Å². The molecule has 1 N–H and O–H groups in total. The van der Waals surface area contributed by atoms with Gasteiger partial charge in [0.05, 0.1) is 0 Å². The van der Waals surface area contributed by atoms with E-state index in [1.807, 2.05) is 6.08 Å². The molecule has 2 saturated carbocycles. The molecule has 2 nitrogen and oxygen atoms in total. The SMILES string of the molecule is CC(=CC1CCC(C)C2CCC(C)(C)C12)C(=O)O. The van der Waals surface area contributed by atoms with Crippen LogP contribution in [0.2, 0.25) is 0 Å². The molecule has 0 radical (unpaired) electrons. The summed E-state index contributed by atoms with van der Waals surface area (Å²) in [4.78, 5) is 11.0. The van der Waals surface area contributed by atoms with E-state index in [1.54, 1.807) is 6.92 Å². The number of carboxylic acid groups (broad SMARTS) is 1. The van der Waals surface area contributed by atoms with Crippen molar-refractivity contribution in [2.24, 2.45) is 29.1 Å². The molecule has 2 rings (SSSR count). The van der Waals surface area contributed by atoms with Crippen molar-refractivity contribution < 1.29 is 9.90 Å². The first-order valence-electron chi connectivity index (χ1n) is 7.24. The van der Waals surface area contributed by atoms with Crippen LogP contribution >= 0.6 is 0 Å². The summed E-state index contributed by atoms with van der Waals surface area (Å²) in [5.41, 5.74) is 0.898. The zero-order valence-corrected chi connectivity index (χ0v) is 12.1. The summed E-state index contributed by atoms with van der Waals surface area (Å²) in [5.74, 6) is 2.00. The Morgan fingerprint density at radius 1 is 1.28 bits per heavy atom. The quantitative estimate of drug-likeness (QED) is 0.749. The third-order valence-electron chi connectivity index (χ3n) is 5.43. The third-order valence-corrected chi connectivity index (χ3v) is 5.43. The van der Waals surface area contributed by atoms with Gasteiger partial charge in [0.15, 0.2) is 0 Å². The molecule has 2 aliphatic carbocycles. The zero-order chi connectivity index (χ0) is 13.5. The van der Waals surface area contributed by atoms with E-state index in [9.17, 15) is 4.79 Å². The van der Waals surface area contributed by atoms with Crippen molar-refractivity contribution in [3.8, 4) is 0 Å². The lowest BCUT2D eigenvalue weighted by atomic mass is 9.62. The van der Waals surface area contributed by atoms with Crippen LogP contribution in [0.1, 0.15) is 53.4 Å². The molecule has 0 amide bonds. The number of fused-ring (bicyclic) bond motifs is 1. The number of allylic oxidation sites excluding steroid dienone is 1. The van der Waals surface area contributed by atoms with E-state index in [0.717, 1.165) is 18.3 Å². The van der Waals surface area contributed by atoms with Crippen LogP contribution in [-0.2, 0) is 4.79 Å². The fraction of sp³-hybridized carbons (Fsp3) is 0.812. The van der Waals surface area contributed by atoms with Crippen LogP contribution in [0.3, 0.4) is 0 Å². The molecule has 0 spiro atoms. The van der Waals surface area contributed by atoms with Crippen LogP contribution in [0.5, 0.6) is 0 Å². The highest BCUT2D eigenvalue weighted by Crippen LogP contribution is 2.57. The van der Waals surface area contributed by atoms with E-state index in [-0.39, 0.29) is 0 Å². The van der Waals surface area contributed by atoms with E-state index in [2.05, 4.69) is 20.8 Å². The molecular formula is C16H26O2. The Bertz CT molecular complexity index is 367. The van der Waals surface area contributed by atoms with E-state index in [4.69, 9.17) is 5.11 Å². The first-order valence-corrected chi connectivity index (χ1v) is 7.24. The number of carboxylic acids is 1. The fourth-order valence-corrected chi connectivity index (χ4v) is 4.43. The Labute approximate surface area is 110 Å². The maximum absolute atomic E-state index is 11.0. The molecule has 2 heteroatoms. The van der Waals surface area contributed by atoms with Gasteiger partial charge in [-0.05, 0) is 61.7 Å². The lowest BCUT2D eigenvalue weighted by Crippen LogP contribution is -2.36. The third kappa shape index (κ3) is 2.34. The lowest BCUT2D eigenvalue weighted by Gasteiger charge is -2.43. The first kappa shape index (κ1) is 13.6. The van der Waals surface area contributed by atoms with Gasteiger partial charge in [-0.2, -0.15) is 0 Å². The van der Waals surface area contributed by atoms with Crippen LogP contribution < -0.4 is 0 Å². The van der Waals surface area contributed by atoms with Gasteiger partial charge in [-0.15, -0.1) is 0 Å². The molecule has 102 valence electrons. The minimum absolute atomic E-state index is 0.374. The topological polar surface area (TPSA) is 37.3 Å². The largest absolute Gasteiger partial charge is 0.478 e. The van der Waals surface area contributed by atoms with Gasteiger partial charge in [0.25, 0.3) is 0 Å². The molecule has 2 fully saturated rings. The summed E-state index contributed by atoms with van der Waals surface area (Å²) in [7, 11) is 0. The molecule has 0 aromatic heterocycles. The Morgan fingerprint density at radius 3 is 2.56 bits per heavy atom. The molecule has 4 atom stereocenters. The highest BCUT2D eigenvalue weighted by molar-refractivity contribution is 5.85. The van der Waals surface area contributed by atoms with Gasteiger partial charge >= 0.3 is 5.97 Å². The van der Waals surface area contributed by atoms with Crippen LogP contribution in [0.15, 0.2) is 11.6 Å². The fourth-order valence-electron chi connectivity index (χ4n) is 4.43. The zero-order valence-electron chi connectivity index (χ0n) is 12.1. The second-order valence-electron chi connectivity index (χ2n) is 7.09. The van der Waals surface area contributed by atoms with Crippen molar-refractivity contribution in [1.29, 1.82) is 0 Å². The molecule has 0 bridgehead atoms. The lowest BCUT2D eigenvalue weighted by molar-refractivity contribution is -0.132. The number of rotatable bonds is 2. The number of carbonyl (C=O) groups is 1. The van der Waals surface area contributed by atoms with Crippen molar-refractivity contribution in [2.45, 2.75) is 53.4 Å². The van der Waals surface area contributed by atoms with Crippen LogP contribution in [0.4, 0.5) is 0 Å². The molecule has 0 heterocycles. The molecule has 18 heavy (non-hydrogen) atoms. The Morgan fingerprint density at radius 2 is 1.94 bits per heavy atom. The van der Waals surface area contributed by atoms with Crippen LogP contribution in [-0.4, -0.2) is 11.1 Å². The second-order valence-corrected chi connectivity index (χ2v) is 7.09. The Kier molecular flexibility index (Phi) is 3.57. The van der Waals surface area contributed by atoms with Gasteiger partial charge in [0, 0.05) is 5.57 Å². The summed E-state index contributed by atoms with van der Waals surface area (Å²) in [6.07, 6.45) is 7.08. The highest BCUT2D eigenvalue weighted by atomic mass is 16.4. The van der Waals surface area contributed by atoms with Crippen molar-refractivity contribution in [2.75, 3.05) is 0 Å². The predicted molar refractivity (Wildman–Crippen MR) is 73.3 cm³/mol. The Balaban J connectivity index is 2.26. The number of aliphatic carboxylic acids is 1. The van der Waals surface area contributed by atoms with E-state index < -0.39 is 5.97 Å². The minimum Gasteiger partial charge on any atom is -0.478 e. The van der Waals surface area contributed by atoms with Crippen molar-refractivity contribution >= 4 is 5.97 Å². The van der Waals surface area contributed by atoms with Gasteiger partial charge < -0.3 is 5.11 Å². The summed E-state index contributed by atoms with van der Waals surface area (Å²) in [5, 5.41) is 9.07. The highest BCUT2D eigenvalue weighted by Gasteiger charge is 2.49. The van der Waals surface area contributed by atoms with E-state index in [1.165, 1.54) is 19.3 Å². The maximum Gasteiger partial charge on any atom is 0.330 e. The summed E-state index contributed by atoms with van der Waals surface area (Å²) >= 11 is 0. The maximum atomic E-state index is 11.0. The molecule has 0 saturated heterocycles. The summed E-state index contributed by atoms with van der Waals surface area (Å²) < 4.78 is 0. The van der Waals surface area contributed by atoms with Gasteiger partial charge in [-0.3, -0.25) is 0 Å². The first-order chi connectivity index (χ1) is 8.33. The van der Waals surface area contributed by atoms with Crippen molar-refractivity contribution in [3.63, 3.8) is 0 Å². The normalized spacial score (nSPS) is 39.4. The summed E-state index contributed by atoms with van der Waals surface area (Å²) in [6.45, 7) is 8.85. The number of hydrogen-bond donors (Lipinski definition) is 1. The monoisotopic (exact) mass is 250 g/mol. The van der Waals surface area contributed by atoms with Crippen molar-refractivity contribution in [1.82, 2.24) is 0 Å². The minimum atomic E-state index is -0.763. The average Bonchev–Trinajstić information content (AvgIpc) is 2.60. The molecule has 0 aromatic rings.